The Hall–Kier alpha value is -0.580. The number of aliphatic hydroxyl groups excluding tert-OH is 2. The highest BCUT2D eigenvalue weighted by molar-refractivity contribution is 9.10. The number of benzene rings is 1. The van der Waals surface area contributed by atoms with Gasteiger partial charge in [-0.15, -0.1) is 0 Å². The predicted molar refractivity (Wildman–Crippen MR) is 68.8 cm³/mol. The van der Waals surface area contributed by atoms with Gasteiger partial charge in [0.2, 0.25) is 0 Å². The summed E-state index contributed by atoms with van der Waals surface area (Å²) in [5, 5.41) is 18.6. The number of rotatable bonds is 5. The molecule has 0 radical (unpaired) electrons. The summed E-state index contributed by atoms with van der Waals surface area (Å²) >= 11 is 3.36. The van der Waals surface area contributed by atoms with Gasteiger partial charge < -0.3 is 14.9 Å². The molecule has 3 nitrogen and oxygen atoms in total. The fourth-order valence-electron chi connectivity index (χ4n) is 1.99. The van der Waals surface area contributed by atoms with Crippen LogP contribution >= 0.6 is 15.9 Å². The molecule has 94 valence electrons. The van der Waals surface area contributed by atoms with Crippen molar-refractivity contribution in [1.82, 2.24) is 0 Å². The normalized spacial score (nSPS) is 15.7. The number of aliphatic hydroxyl groups is 2. The second-order valence-corrected chi connectivity index (χ2v) is 5.39. The fraction of sp³-hybridized carbons (Fsp3) is 0.538. The lowest BCUT2D eigenvalue weighted by Gasteiger charge is -2.26. The van der Waals surface area contributed by atoms with Gasteiger partial charge in [0.25, 0.3) is 0 Å². The summed E-state index contributed by atoms with van der Waals surface area (Å²) in [5.41, 5.74) is 1.45. The van der Waals surface area contributed by atoms with Crippen molar-refractivity contribution < 1.29 is 14.9 Å². The van der Waals surface area contributed by atoms with Crippen LogP contribution in [0.25, 0.3) is 0 Å². The third-order valence-corrected chi connectivity index (χ3v) is 3.69. The Morgan fingerprint density at radius 2 is 1.76 bits per heavy atom. The van der Waals surface area contributed by atoms with E-state index in [1.165, 1.54) is 19.3 Å². The maximum atomic E-state index is 9.32. The zero-order chi connectivity index (χ0) is 12.3. The molecule has 1 aromatic carbocycles. The van der Waals surface area contributed by atoms with E-state index >= 15 is 0 Å². The Kier molecular flexibility index (Phi) is 4.42. The molecular weight excluding hydrogens is 284 g/mol. The Bertz CT molecular complexity index is 363. The first kappa shape index (κ1) is 12.9. The Labute approximate surface area is 110 Å². The summed E-state index contributed by atoms with van der Waals surface area (Å²) in [6.07, 6.45) is 3.73. The quantitative estimate of drug-likeness (QED) is 0.879. The van der Waals surface area contributed by atoms with Crippen LogP contribution in [-0.4, -0.2) is 16.8 Å². The largest absolute Gasteiger partial charge is 0.493 e. The first-order chi connectivity index (χ1) is 8.24. The molecule has 2 rings (SSSR count). The first-order valence-corrected chi connectivity index (χ1v) is 6.69. The second kappa shape index (κ2) is 5.85. The maximum absolute atomic E-state index is 9.32. The molecule has 2 N–H and O–H groups in total. The van der Waals surface area contributed by atoms with Crippen LogP contribution in [0.3, 0.4) is 0 Å². The minimum Gasteiger partial charge on any atom is -0.493 e. The van der Waals surface area contributed by atoms with Crippen LogP contribution in [0, 0.1) is 5.92 Å². The average molecular weight is 301 g/mol. The van der Waals surface area contributed by atoms with Gasteiger partial charge in [0.1, 0.15) is 5.75 Å². The van der Waals surface area contributed by atoms with Crippen molar-refractivity contribution in [3.05, 3.63) is 27.7 Å². The van der Waals surface area contributed by atoms with Crippen molar-refractivity contribution >= 4 is 15.9 Å². The molecule has 1 fully saturated rings. The third kappa shape index (κ3) is 3.00. The second-order valence-electron chi connectivity index (χ2n) is 4.48. The van der Waals surface area contributed by atoms with Gasteiger partial charge in [0, 0.05) is 15.6 Å². The van der Waals surface area contributed by atoms with E-state index in [0.717, 1.165) is 15.6 Å². The average Bonchev–Trinajstić information content (AvgIpc) is 2.27. The maximum Gasteiger partial charge on any atom is 0.130 e. The lowest BCUT2D eigenvalue weighted by atomic mass is 9.86. The Morgan fingerprint density at radius 1 is 1.18 bits per heavy atom. The van der Waals surface area contributed by atoms with E-state index in [1.54, 1.807) is 0 Å². The van der Waals surface area contributed by atoms with Gasteiger partial charge in [-0.05, 0) is 30.9 Å². The molecule has 4 heteroatoms. The van der Waals surface area contributed by atoms with Crippen LogP contribution in [-0.2, 0) is 13.2 Å². The van der Waals surface area contributed by atoms with E-state index in [4.69, 9.17) is 4.74 Å². The lowest BCUT2D eigenvalue weighted by Crippen LogP contribution is -2.20. The summed E-state index contributed by atoms with van der Waals surface area (Å²) < 4.78 is 6.62. The SMILES string of the molecule is OCc1cc(Br)cc(CO)c1OCC1CCC1. The number of halogens is 1. The zero-order valence-electron chi connectivity index (χ0n) is 9.66. The molecule has 0 spiro atoms. The van der Waals surface area contributed by atoms with Crippen molar-refractivity contribution in [3.63, 3.8) is 0 Å². The lowest BCUT2D eigenvalue weighted by molar-refractivity contribution is 0.170. The summed E-state index contributed by atoms with van der Waals surface area (Å²) in [7, 11) is 0. The van der Waals surface area contributed by atoms with E-state index < -0.39 is 0 Å². The standard InChI is InChI=1S/C13H17BrO3/c14-12-4-10(6-15)13(11(5-12)7-16)17-8-9-2-1-3-9/h4-5,9,15-16H,1-3,6-8H2. The highest BCUT2D eigenvalue weighted by atomic mass is 79.9. The zero-order valence-corrected chi connectivity index (χ0v) is 11.2. The summed E-state index contributed by atoms with van der Waals surface area (Å²) in [4.78, 5) is 0. The fourth-order valence-corrected chi connectivity index (χ4v) is 2.55. The molecule has 17 heavy (non-hydrogen) atoms. The Balaban J connectivity index is 2.16. The summed E-state index contributed by atoms with van der Waals surface area (Å²) in [6.45, 7) is 0.528. The van der Waals surface area contributed by atoms with Gasteiger partial charge in [0.05, 0.1) is 19.8 Å². The van der Waals surface area contributed by atoms with Crippen molar-refractivity contribution in [3.8, 4) is 5.75 Å². The van der Waals surface area contributed by atoms with Crippen molar-refractivity contribution in [2.75, 3.05) is 6.61 Å². The smallest absolute Gasteiger partial charge is 0.130 e. The molecule has 1 aliphatic carbocycles. The monoisotopic (exact) mass is 300 g/mol. The van der Waals surface area contributed by atoms with Crippen LogP contribution in [0.4, 0.5) is 0 Å². The van der Waals surface area contributed by atoms with Crippen molar-refractivity contribution in [2.24, 2.45) is 5.92 Å². The van der Waals surface area contributed by atoms with E-state index in [9.17, 15) is 10.2 Å². The summed E-state index contributed by atoms with van der Waals surface area (Å²) in [5.74, 6) is 1.28. The topological polar surface area (TPSA) is 49.7 Å². The highest BCUT2D eigenvalue weighted by Crippen LogP contribution is 2.32. The van der Waals surface area contributed by atoms with Gasteiger partial charge >= 0.3 is 0 Å². The molecule has 0 aliphatic heterocycles. The predicted octanol–water partition coefficient (Wildman–Crippen LogP) is 2.61. The van der Waals surface area contributed by atoms with Crippen LogP contribution in [0.2, 0.25) is 0 Å². The minimum atomic E-state index is -0.0769. The molecule has 0 aromatic heterocycles. The molecular formula is C13H17BrO3. The molecule has 1 aromatic rings. The van der Waals surface area contributed by atoms with Crippen LogP contribution in [0.15, 0.2) is 16.6 Å². The van der Waals surface area contributed by atoms with E-state index in [0.29, 0.717) is 18.3 Å². The molecule has 0 saturated heterocycles. The highest BCUT2D eigenvalue weighted by Gasteiger charge is 2.19. The van der Waals surface area contributed by atoms with Crippen LogP contribution < -0.4 is 4.74 Å². The van der Waals surface area contributed by atoms with Crippen LogP contribution in [0.1, 0.15) is 30.4 Å². The van der Waals surface area contributed by atoms with Gasteiger partial charge in [-0.1, -0.05) is 22.4 Å². The molecule has 1 aliphatic rings. The molecule has 0 amide bonds. The van der Waals surface area contributed by atoms with Gasteiger partial charge in [-0.25, -0.2) is 0 Å². The minimum absolute atomic E-state index is 0.0769. The Morgan fingerprint density at radius 3 is 2.18 bits per heavy atom. The van der Waals surface area contributed by atoms with Gasteiger partial charge in [-0.3, -0.25) is 0 Å². The molecule has 0 unspecified atom stereocenters. The van der Waals surface area contributed by atoms with Crippen molar-refractivity contribution in [2.45, 2.75) is 32.5 Å². The molecule has 0 atom stereocenters. The van der Waals surface area contributed by atoms with E-state index in [-0.39, 0.29) is 13.2 Å². The van der Waals surface area contributed by atoms with E-state index in [2.05, 4.69) is 15.9 Å². The van der Waals surface area contributed by atoms with Crippen molar-refractivity contribution in [1.29, 1.82) is 0 Å². The molecule has 0 heterocycles. The molecule has 0 bridgehead atoms. The number of hydrogen-bond acceptors (Lipinski definition) is 3. The molecule has 1 saturated carbocycles. The number of ether oxygens (including phenoxy) is 1. The van der Waals surface area contributed by atoms with Gasteiger partial charge in [0.15, 0.2) is 0 Å². The summed E-state index contributed by atoms with van der Waals surface area (Å²) in [6, 6.07) is 3.66. The van der Waals surface area contributed by atoms with Gasteiger partial charge in [-0.2, -0.15) is 0 Å². The third-order valence-electron chi connectivity index (χ3n) is 3.24. The number of hydrogen-bond donors (Lipinski definition) is 2. The first-order valence-electron chi connectivity index (χ1n) is 5.90. The van der Waals surface area contributed by atoms with E-state index in [1.807, 2.05) is 12.1 Å². The van der Waals surface area contributed by atoms with Crippen LogP contribution in [0.5, 0.6) is 5.75 Å².